The second-order valence-corrected chi connectivity index (χ2v) is 2.89. The van der Waals surface area contributed by atoms with Gasteiger partial charge in [0, 0.05) is 6.61 Å². The van der Waals surface area contributed by atoms with Gasteiger partial charge in [0.1, 0.15) is 6.33 Å². The maximum Gasteiger partial charge on any atom is 0.218 e. The number of nitrogens with one attached hydrogen (secondary N) is 2. The lowest BCUT2D eigenvalue weighted by Gasteiger charge is -2.22. The fourth-order valence-corrected chi connectivity index (χ4v) is 1.32. The SMILES string of the molecule is c1n[nH]c(NC2CCCOC2)n1. The monoisotopic (exact) mass is 168 g/mol. The summed E-state index contributed by atoms with van der Waals surface area (Å²) in [5, 5.41) is 9.71. The Hall–Kier alpha value is -1.10. The summed E-state index contributed by atoms with van der Waals surface area (Å²) >= 11 is 0. The van der Waals surface area contributed by atoms with E-state index < -0.39 is 0 Å². The molecule has 0 bridgehead atoms. The molecule has 0 amide bonds. The lowest BCUT2D eigenvalue weighted by molar-refractivity contribution is 0.0874. The lowest BCUT2D eigenvalue weighted by atomic mass is 10.1. The standard InChI is InChI=1S/C7H12N4O/c1-2-6(4-12-3-1)10-7-8-5-9-11-7/h5-6H,1-4H2,(H2,8,9,10,11). The molecule has 1 fully saturated rings. The van der Waals surface area contributed by atoms with Crippen molar-refractivity contribution < 1.29 is 4.74 Å². The van der Waals surface area contributed by atoms with Gasteiger partial charge in [0.25, 0.3) is 0 Å². The summed E-state index contributed by atoms with van der Waals surface area (Å²) in [4.78, 5) is 3.98. The van der Waals surface area contributed by atoms with Gasteiger partial charge in [-0.2, -0.15) is 5.10 Å². The molecule has 0 aromatic carbocycles. The molecular formula is C7H12N4O. The quantitative estimate of drug-likeness (QED) is 0.670. The third-order valence-corrected chi connectivity index (χ3v) is 1.92. The summed E-state index contributed by atoms with van der Waals surface area (Å²) in [7, 11) is 0. The predicted molar refractivity (Wildman–Crippen MR) is 43.8 cm³/mol. The summed E-state index contributed by atoms with van der Waals surface area (Å²) in [5.74, 6) is 0.727. The Morgan fingerprint density at radius 3 is 3.33 bits per heavy atom. The highest BCUT2D eigenvalue weighted by molar-refractivity contribution is 5.22. The van der Waals surface area contributed by atoms with E-state index in [2.05, 4.69) is 20.5 Å². The van der Waals surface area contributed by atoms with E-state index in [9.17, 15) is 0 Å². The average Bonchev–Trinajstić information content (AvgIpc) is 2.59. The molecule has 2 rings (SSSR count). The number of nitrogens with zero attached hydrogens (tertiary/aromatic N) is 2. The zero-order chi connectivity index (χ0) is 8.23. The molecule has 0 radical (unpaired) electrons. The van der Waals surface area contributed by atoms with E-state index in [4.69, 9.17) is 4.74 Å². The first-order valence-corrected chi connectivity index (χ1v) is 4.15. The van der Waals surface area contributed by atoms with Gasteiger partial charge in [-0.3, -0.25) is 0 Å². The van der Waals surface area contributed by atoms with Gasteiger partial charge in [0.05, 0.1) is 12.6 Å². The molecule has 66 valence electrons. The van der Waals surface area contributed by atoms with Gasteiger partial charge in [-0.25, -0.2) is 10.1 Å². The van der Waals surface area contributed by atoms with Crippen molar-refractivity contribution in [3.8, 4) is 0 Å². The van der Waals surface area contributed by atoms with E-state index in [1.807, 2.05) is 0 Å². The minimum Gasteiger partial charge on any atom is -0.379 e. The number of rotatable bonds is 2. The van der Waals surface area contributed by atoms with Crippen LogP contribution < -0.4 is 5.32 Å². The highest BCUT2D eigenvalue weighted by Gasteiger charge is 2.13. The molecule has 5 nitrogen and oxygen atoms in total. The molecule has 1 aliphatic rings. The van der Waals surface area contributed by atoms with Crippen LogP contribution in [0.2, 0.25) is 0 Å². The van der Waals surface area contributed by atoms with Gasteiger partial charge >= 0.3 is 0 Å². The van der Waals surface area contributed by atoms with Gasteiger partial charge < -0.3 is 10.1 Å². The first-order chi connectivity index (χ1) is 5.95. The largest absolute Gasteiger partial charge is 0.379 e. The Balaban J connectivity index is 1.86. The van der Waals surface area contributed by atoms with Crippen molar-refractivity contribution in [2.24, 2.45) is 0 Å². The number of anilines is 1. The molecule has 1 saturated heterocycles. The summed E-state index contributed by atoms with van der Waals surface area (Å²) in [6, 6.07) is 0.381. The fourth-order valence-electron chi connectivity index (χ4n) is 1.32. The minimum absolute atomic E-state index is 0.381. The molecule has 1 aliphatic heterocycles. The van der Waals surface area contributed by atoms with Gasteiger partial charge in [-0.1, -0.05) is 0 Å². The number of hydrogen-bond donors (Lipinski definition) is 2. The average molecular weight is 168 g/mol. The van der Waals surface area contributed by atoms with Gasteiger partial charge in [-0.15, -0.1) is 0 Å². The van der Waals surface area contributed by atoms with Crippen molar-refractivity contribution in [3.63, 3.8) is 0 Å². The summed E-state index contributed by atoms with van der Waals surface area (Å²) in [6.07, 6.45) is 3.75. The Kier molecular flexibility index (Phi) is 2.22. The molecule has 1 aromatic heterocycles. The van der Waals surface area contributed by atoms with Crippen LogP contribution in [-0.4, -0.2) is 34.4 Å². The zero-order valence-electron chi connectivity index (χ0n) is 6.79. The second-order valence-electron chi connectivity index (χ2n) is 2.89. The zero-order valence-corrected chi connectivity index (χ0v) is 6.79. The molecule has 0 aliphatic carbocycles. The summed E-state index contributed by atoms with van der Waals surface area (Å²) < 4.78 is 5.31. The van der Waals surface area contributed by atoms with E-state index in [-0.39, 0.29) is 0 Å². The maximum atomic E-state index is 5.31. The number of aromatic amines is 1. The molecule has 5 heteroatoms. The van der Waals surface area contributed by atoms with Crippen molar-refractivity contribution in [1.82, 2.24) is 15.2 Å². The van der Waals surface area contributed by atoms with Crippen molar-refractivity contribution in [1.29, 1.82) is 0 Å². The highest BCUT2D eigenvalue weighted by atomic mass is 16.5. The maximum absolute atomic E-state index is 5.31. The van der Waals surface area contributed by atoms with Crippen molar-refractivity contribution in [3.05, 3.63) is 6.33 Å². The van der Waals surface area contributed by atoms with Crippen LogP contribution in [-0.2, 0) is 4.74 Å². The first kappa shape index (κ1) is 7.54. The third kappa shape index (κ3) is 1.73. The molecule has 2 N–H and O–H groups in total. The number of H-pyrrole nitrogens is 1. The molecule has 1 unspecified atom stereocenters. The molecule has 0 saturated carbocycles. The van der Waals surface area contributed by atoms with Crippen LogP contribution in [0.15, 0.2) is 6.33 Å². The van der Waals surface area contributed by atoms with Gasteiger partial charge in [-0.05, 0) is 12.8 Å². The van der Waals surface area contributed by atoms with E-state index >= 15 is 0 Å². The fraction of sp³-hybridized carbons (Fsp3) is 0.714. The Labute approximate surface area is 70.5 Å². The molecular weight excluding hydrogens is 156 g/mol. The third-order valence-electron chi connectivity index (χ3n) is 1.92. The van der Waals surface area contributed by atoms with Crippen LogP contribution in [0.3, 0.4) is 0 Å². The van der Waals surface area contributed by atoms with Crippen LogP contribution in [0.1, 0.15) is 12.8 Å². The number of ether oxygens (including phenoxy) is 1. The smallest absolute Gasteiger partial charge is 0.218 e. The number of hydrogen-bond acceptors (Lipinski definition) is 4. The van der Waals surface area contributed by atoms with Crippen LogP contribution in [0.4, 0.5) is 5.95 Å². The summed E-state index contributed by atoms with van der Waals surface area (Å²) in [6.45, 7) is 1.65. The van der Waals surface area contributed by atoms with E-state index in [0.717, 1.165) is 32.0 Å². The van der Waals surface area contributed by atoms with Crippen LogP contribution in [0.5, 0.6) is 0 Å². The summed E-state index contributed by atoms with van der Waals surface area (Å²) in [5.41, 5.74) is 0. The second kappa shape index (κ2) is 3.53. The Bertz CT molecular complexity index is 217. The number of aromatic nitrogens is 3. The predicted octanol–water partition coefficient (Wildman–Crippen LogP) is 0.396. The van der Waals surface area contributed by atoms with Crippen molar-refractivity contribution in [2.75, 3.05) is 18.5 Å². The first-order valence-electron chi connectivity index (χ1n) is 4.15. The van der Waals surface area contributed by atoms with Crippen LogP contribution in [0.25, 0.3) is 0 Å². The molecule has 1 atom stereocenters. The molecule has 1 aromatic rings. The Morgan fingerprint density at radius 1 is 1.67 bits per heavy atom. The topological polar surface area (TPSA) is 62.8 Å². The van der Waals surface area contributed by atoms with E-state index in [1.54, 1.807) is 0 Å². The molecule has 0 spiro atoms. The minimum atomic E-state index is 0.381. The van der Waals surface area contributed by atoms with E-state index in [1.165, 1.54) is 6.33 Å². The van der Waals surface area contributed by atoms with Crippen molar-refractivity contribution >= 4 is 5.95 Å². The van der Waals surface area contributed by atoms with Crippen molar-refractivity contribution in [2.45, 2.75) is 18.9 Å². The van der Waals surface area contributed by atoms with Gasteiger partial charge in [0.2, 0.25) is 5.95 Å². The lowest BCUT2D eigenvalue weighted by Crippen LogP contribution is -2.30. The molecule has 12 heavy (non-hydrogen) atoms. The van der Waals surface area contributed by atoms with E-state index in [0.29, 0.717) is 6.04 Å². The van der Waals surface area contributed by atoms with Crippen LogP contribution >= 0.6 is 0 Å². The molecule has 2 heterocycles. The normalized spacial score (nSPS) is 23.8. The Morgan fingerprint density at radius 2 is 2.67 bits per heavy atom. The van der Waals surface area contributed by atoms with Crippen LogP contribution in [0, 0.1) is 0 Å². The van der Waals surface area contributed by atoms with Gasteiger partial charge in [0.15, 0.2) is 0 Å². The highest BCUT2D eigenvalue weighted by Crippen LogP contribution is 2.09.